The minimum atomic E-state index is -0.490. The Labute approximate surface area is 153 Å². The molecule has 0 amide bonds. The van der Waals surface area contributed by atoms with Crippen molar-refractivity contribution in [3.8, 4) is 0 Å². The molecule has 1 fully saturated rings. The molecule has 0 bridgehead atoms. The van der Waals surface area contributed by atoms with Crippen molar-refractivity contribution in [3.63, 3.8) is 0 Å². The fourth-order valence-electron chi connectivity index (χ4n) is 3.28. The van der Waals surface area contributed by atoms with E-state index in [4.69, 9.17) is 0 Å². The van der Waals surface area contributed by atoms with E-state index in [0.29, 0.717) is 13.0 Å². The summed E-state index contributed by atoms with van der Waals surface area (Å²) in [5.41, 5.74) is 1.41. The van der Waals surface area contributed by atoms with E-state index < -0.39 is 4.92 Å². The second kappa shape index (κ2) is 8.69. The van der Waals surface area contributed by atoms with Gasteiger partial charge < -0.3 is 4.90 Å². The van der Waals surface area contributed by atoms with E-state index in [1.54, 1.807) is 12.1 Å². The Balaban J connectivity index is 1.47. The fraction of sp³-hybridized carbons (Fsp3) is 0.350. The van der Waals surface area contributed by atoms with Crippen molar-refractivity contribution < 1.29 is 9.72 Å². The zero-order valence-corrected chi connectivity index (χ0v) is 14.7. The number of rotatable bonds is 7. The molecule has 0 aromatic heterocycles. The lowest BCUT2D eigenvalue weighted by Gasteiger charge is -2.34. The summed E-state index contributed by atoms with van der Waals surface area (Å²) in [6, 6.07) is 16.6. The summed E-state index contributed by atoms with van der Waals surface area (Å²) in [6.07, 6.45) is 0.309. The Bertz CT molecular complexity index is 756. The molecule has 0 N–H and O–H groups in total. The summed E-state index contributed by atoms with van der Waals surface area (Å²) in [6.45, 7) is 5.35. The maximum atomic E-state index is 12.4. The monoisotopic (exact) mass is 353 g/mol. The number of para-hydroxylation sites is 1. The maximum Gasteiger partial charge on any atom is 0.280 e. The van der Waals surface area contributed by atoms with Crippen LogP contribution in [0, 0.1) is 10.1 Å². The molecule has 0 aliphatic carbocycles. The van der Waals surface area contributed by atoms with Gasteiger partial charge in [-0.05, 0) is 11.6 Å². The normalized spacial score (nSPS) is 15.7. The number of hydrogen-bond donors (Lipinski definition) is 0. The molecule has 0 saturated carbocycles. The van der Waals surface area contributed by atoms with Crippen LogP contribution in [0.25, 0.3) is 0 Å². The van der Waals surface area contributed by atoms with Gasteiger partial charge in [0.05, 0.1) is 10.5 Å². The van der Waals surface area contributed by atoms with Gasteiger partial charge in [0.2, 0.25) is 0 Å². The van der Waals surface area contributed by atoms with Crippen molar-refractivity contribution in [1.82, 2.24) is 9.80 Å². The van der Waals surface area contributed by atoms with Crippen LogP contribution in [0.4, 0.5) is 5.69 Å². The van der Waals surface area contributed by atoms with Gasteiger partial charge in [0, 0.05) is 51.8 Å². The summed E-state index contributed by atoms with van der Waals surface area (Å²) in [5.74, 6) is -0.163. The molecule has 2 aromatic rings. The van der Waals surface area contributed by atoms with Crippen LogP contribution in [0.2, 0.25) is 0 Å². The van der Waals surface area contributed by atoms with Crippen LogP contribution in [0.15, 0.2) is 54.6 Å². The standard InChI is InChI=1S/C20H23N3O3/c24-20(18-8-4-5-9-19(18)23(25)26)10-11-21-12-14-22(15-13-21)16-17-6-2-1-3-7-17/h1-9H,10-16H2. The molecule has 3 rings (SSSR count). The van der Waals surface area contributed by atoms with Gasteiger partial charge in [-0.2, -0.15) is 0 Å². The van der Waals surface area contributed by atoms with Gasteiger partial charge in [0.1, 0.15) is 0 Å². The minimum Gasteiger partial charge on any atom is -0.300 e. The Hall–Kier alpha value is -2.57. The van der Waals surface area contributed by atoms with E-state index >= 15 is 0 Å². The summed E-state index contributed by atoms with van der Waals surface area (Å²) < 4.78 is 0. The zero-order valence-electron chi connectivity index (χ0n) is 14.7. The largest absolute Gasteiger partial charge is 0.300 e. The average Bonchev–Trinajstić information content (AvgIpc) is 2.68. The number of ketones is 1. The first-order valence-electron chi connectivity index (χ1n) is 8.89. The van der Waals surface area contributed by atoms with Crippen molar-refractivity contribution >= 4 is 11.5 Å². The van der Waals surface area contributed by atoms with Gasteiger partial charge in [-0.25, -0.2) is 0 Å². The number of carbonyl (C=O) groups excluding carboxylic acids is 1. The highest BCUT2D eigenvalue weighted by atomic mass is 16.6. The Morgan fingerprint density at radius 2 is 1.54 bits per heavy atom. The smallest absolute Gasteiger partial charge is 0.280 e. The lowest BCUT2D eigenvalue weighted by Crippen LogP contribution is -2.46. The third kappa shape index (κ3) is 4.74. The number of nitro benzene ring substituents is 1. The zero-order chi connectivity index (χ0) is 18.4. The Kier molecular flexibility index (Phi) is 6.09. The lowest BCUT2D eigenvalue weighted by molar-refractivity contribution is -0.385. The molecule has 1 saturated heterocycles. The van der Waals surface area contributed by atoms with Gasteiger partial charge in [-0.3, -0.25) is 19.8 Å². The molecule has 1 heterocycles. The molecule has 0 atom stereocenters. The van der Waals surface area contributed by atoms with Gasteiger partial charge in [-0.1, -0.05) is 42.5 Å². The van der Waals surface area contributed by atoms with Crippen molar-refractivity contribution in [3.05, 3.63) is 75.8 Å². The van der Waals surface area contributed by atoms with Gasteiger partial charge in [0.25, 0.3) is 5.69 Å². The van der Waals surface area contributed by atoms with Crippen molar-refractivity contribution in [1.29, 1.82) is 0 Å². The number of nitrogens with zero attached hydrogens (tertiary/aromatic N) is 3. The predicted molar refractivity (Wildman–Crippen MR) is 100 cm³/mol. The molecular weight excluding hydrogens is 330 g/mol. The van der Waals surface area contributed by atoms with Gasteiger partial charge >= 0.3 is 0 Å². The van der Waals surface area contributed by atoms with Gasteiger partial charge in [0.15, 0.2) is 5.78 Å². The SMILES string of the molecule is O=C(CCN1CCN(Cc2ccccc2)CC1)c1ccccc1[N+](=O)[O-]. The Morgan fingerprint density at radius 3 is 2.23 bits per heavy atom. The van der Waals surface area contributed by atoms with Crippen LogP contribution in [0.1, 0.15) is 22.3 Å². The van der Waals surface area contributed by atoms with E-state index in [-0.39, 0.29) is 17.0 Å². The summed E-state index contributed by atoms with van der Waals surface area (Å²) in [4.78, 5) is 27.6. The first-order chi connectivity index (χ1) is 12.6. The second-order valence-electron chi connectivity index (χ2n) is 6.55. The molecule has 6 nitrogen and oxygen atoms in total. The fourth-order valence-corrected chi connectivity index (χ4v) is 3.28. The van der Waals surface area contributed by atoms with Crippen molar-refractivity contribution in [2.24, 2.45) is 0 Å². The quantitative estimate of drug-likeness (QED) is 0.435. The topological polar surface area (TPSA) is 66.7 Å². The molecule has 0 radical (unpaired) electrons. The molecule has 6 heteroatoms. The molecule has 2 aromatic carbocycles. The van der Waals surface area contributed by atoms with Crippen molar-refractivity contribution in [2.45, 2.75) is 13.0 Å². The first-order valence-corrected chi connectivity index (χ1v) is 8.89. The van der Waals surface area contributed by atoms with Crippen LogP contribution >= 0.6 is 0 Å². The molecule has 136 valence electrons. The molecule has 0 unspecified atom stereocenters. The molecule has 1 aliphatic rings. The summed E-state index contributed by atoms with van der Waals surface area (Å²) >= 11 is 0. The van der Waals surface area contributed by atoms with E-state index in [2.05, 4.69) is 34.1 Å². The second-order valence-corrected chi connectivity index (χ2v) is 6.55. The summed E-state index contributed by atoms with van der Waals surface area (Å²) in [5, 5.41) is 11.1. The predicted octanol–water partition coefficient (Wildman–Crippen LogP) is 2.99. The van der Waals surface area contributed by atoms with Crippen molar-refractivity contribution in [2.75, 3.05) is 32.7 Å². The van der Waals surface area contributed by atoms with E-state index in [9.17, 15) is 14.9 Å². The van der Waals surface area contributed by atoms with Crippen LogP contribution < -0.4 is 0 Å². The highest BCUT2D eigenvalue weighted by Crippen LogP contribution is 2.19. The van der Waals surface area contributed by atoms with Crippen LogP contribution in [0.3, 0.4) is 0 Å². The van der Waals surface area contributed by atoms with E-state index in [1.165, 1.54) is 17.7 Å². The number of Topliss-reactive ketones (excluding diaryl/α,β-unsaturated/α-hetero) is 1. The highest BCUT2D eigenvalue weighted by Gasteiger charge is 2.21. The highest BCUT2D eigenvalue weighted by molar-refractivity contribution is 5.99. The van der Waals surface area contributed by atoms with Crippen LogP contribution in [-0.4, -0.2) is 53.2 Å². The Morgan fingerprint density at radius 1 is 0.923 bits per heavy atom. The number of piperazine rings is 1. The van der Waals surface area contributed by atoms with Gasteiger partial charge in [-0.15, -0.1) is 0 Å². The molecule has 0 spiro atoms. The van der Waals surface area contributed by atoms with E-state index in [0.717, 1.165) is 32.7 Å². The first kappa shape index (κ1) is 18.2. The molecule has 26 heavy (non-hydrogen) atoms. The van der Waals surface area contributed by atoms with Crippen LogP contribution in [-0.2, 0) is 6.54 Å². The average molecular weight is 353 g/mol. The lowest BCUT2D eigenvalue weighted by atomic mass is 10.1. The molecule has 1 aliphatic heterocycles. The number of carbonyl (C=O) groups is 1. The number of hydrogen-bond acceptors (Lipinski definition) is 5. The number of benzene rings is 2. The molecular formula is C20H23N3O3. The summed E-state index contributed by atoms with van der Waals surface area (Å²) in [7, 11) is 0. The maximum absolute atomic E-state index is 12.4. The van der Waals surface area contributed by atoms with E-state index in [1.807, 2.05) is 6.07 Å². The third-order valence-corrected chi connectivity index (χ3v) is 4.77. The number of nitro groups is 1. The van der Waals surface area contributed by atoms with Crippen LogP contribution in [0.5, 0.6) is 0 Å². The third-order valence-electron chi connectivity index (χ3n) is 4.77. The minimum absolute atomic E-state index is 0.106.